The average molecular weight is 334 g/mol. The zero-order valence-corrected chi connectivity index (χ0v) is 13.2. The molecule has 0 spiro atoms. The van der Waals surface area contributed by atoms with Crippen molar-refractivity contribution in [2.75, 3.05) is 18.0 Å². The minimum absolute atomic E-state index is 0.129. The Morgan fingerprint density at radius 3 is 2.33 bits per heavy atom. The molecule has 0 saturated carbocycles. The molecule has 2 aromatic carbocycles. The summed E-state index contributed by atoms with van der Waals surface area (Å²) in [6.45, 7) is 2.95. The van der Waals surface area contributed by atoms with Gasteiger partial charge in [-0.25, -0.2) is 13.2 Å². The molecule has 1 saturated heterocycles. The smallest absolute Gasteiger partial charge is 0.244 e. The van der Waals surface area contributed by atoms with E-state index in [-0.39, 0.29) is 18.3 Å². The second kappa shape index (κ2) is 6.65. The highest BCUT2D eigenvalue weighted by molar-refractivity contribution is 5.97. The van der Waals surface area contributed by atoms with Crippen molar-refractivity contribution >= 4 is 11.6 Å². The molecule has 1 heterocycles. The van der Waals surface area contributed by atoms with Gasteiger partial charge in [0.25, 0.3) is 0 Å². The first-order valence-corrected chi connectivity index (χ1v) is 7.70. The van der Waals surface area contributed by atoms with E-state index < -0.39 is 17.7 Å². The van der Waals surface area contributed by atoms with Gasteiger partial charge in [-0.3, -0.25) is 9.69 Å². The number of hydrogen-bond donors (Lipinski definition) is 0. The number of amides is 1. The van der Waals surface area contributed by atoms with Crippen molar-refractivity contribution in [3.8, 4) is 0 Å². The molecule has 3 nitrogen and oxygen atoms in total. The van der Waals surface area contributed by atoms with Crippen LogP contribution in [-0.4, -0.2) is 29.9 Å². The monoisotopic (exact) mass is 334 g/mol. The quantitative estimate of drug-likeness (QED) is 0.859. The topological polar surface area (TPSA) is 23.6 Å². The first kappa shape index (κ1) is 16.5. The zero-order valence-electron chi connectivity index (χ0n) is 13.2. The molecule has 0 bridgehead atoms. The highest BCUT2D eigenvalue weighted by Gasteiger charge is 2.32. The number of carbonyl (C=O) groups excluding carboxylic acids is 1. The normalized spacial score (nSPS) is 18.9. The van der Waals surface area contributed by atoms with E-state index in [0.717, 1.165) is 6.07 Å². The summed E-state index contributed by atoms with van der Waals surface area (Å²) in [6.07, 6.45) is 0. The third-order valence-corrected chi connectivity index (χ3v) is 4.31. The molecule has 126 valence electrons. The molecule has 0 radical (unpaired) electrons. The van der Waals surface area contributed by atoms with Crippen LogP contribution in [0.3, 0.4) is 0 Å². The van der Waals surface area contributed by atoms with Crippen LogP contribution >= 0.6 is 0 Å². The van der Waals surface area contributed by atoms with Gasteiger partial charge in [-0.15, -0.1) is 0 Å². The molecular formula is C18H17F3N2O. The third-order valence-electron chi connectivity index (χ3n) is 4.31. The van der Waals surface area contributed by atoms with Crippen molar-refractivity contribution in [1.82, 2.24) is 4.90 Å². The van der Waals surface area contributed by atoms with Crippen molar-refractivity contribution in [3.05, 3.63) is 65.5 Å². The second-order valence-corrected chi connectivity index (χ2v) is 5.85. The van der Waals surface area contributed by atoms with Gasteiger partial charge in [0.05, 0.1) is 6.04 Å². The van der Waals surface area contributed by atoms with Gasteiger partial charge in [-0.2, -0.15) is 0 Å². The molecule has 0 unspecified atom stereocenters. The summed E-state index contributed by atoms with van der Waals surface area (Å²) in [5, 5.41) is 0. The summed E-state index contributed by atoms with van der Waals surface area (Å²) in [6, 6.07) is 8.75. The van der Waals surface area contributed by atoms with E-state index in [2.05, 4.69) is 0 Å². The summed E-state index contributed by atoms with van der Waals surface area (Å²) in [4.78, 5) is 16.0. The van der Waals surface area contributed by atoms with Gasteiger partial charge in [-0.05, 0) is 37.3 Å². The van der Waals surface area contributed by atoms with E-state index >= 15 is 0 Å². The van der Waals surface area contributed by atoms with Gasteiger partial charge in [-0.1, -0.05) is 6.07 Å². The summed E-state index contributed by atoms with van der Waals surface area (Å²) in [5.41, 5.74) is 0.993. The van der Waals surface area contributed by atoms with Gasteiger partial charge < -0.3 is 4.90 Å². The van der Waals surface area contributed by atoms with Gasteiger partial charge in [0.2, 0.25) is 5.91 Å². The number of carbonyl (C=O) groups is 1. The third kappa shape index (κ3) is 3.28. The van der Waals surface area contributed by atoms with Crippen LogP contribution in [-0.2, 0) is 11.3 Å². The maximum atomic E-state index is 13.8. The first-order chi connectivity index (χ1) is 11.5. The fraction of sp³-hybridized carbons (Fsp3) is 0.278. The van der Waals surface area contributed by atoms with Crippen molar-refractivity contribution in [3.63, 3.8) is 0 Å². The Labute approximate surface area is 138 Å². The van der Waals surface area contributed by atoms with E-state index in [4.69, 9.17) is 0 Å². The Morgan fingerprint density at radius 2 is 1.67 bits per heavy atom. The molecule has 24 heavy (non-hydrogen) atoms. The number of piperazine rings is 1. The van der Waals surface area contributed by atoms with E-state index in [1.807, 2.05) is 4.90 Å². The maximum absolute atomic E-state index is 13.8. The molecule has 0 aromatic heterocycles. The first-order valence-electron chi connectivity index (χ1n) is 7.70. The molecule has 1 amide bonds. The molecule has 1 fully saturated rings. The Bertz CT molecular complexity index is 748. The second-order valence-electron chi connectivity index (χ2n) is 5.85. The van der Waals surface area contributed by atoms with Crippen molar-refractivity contribution in [1.29, 1.82) is 0 Å². The number of nitrogens with zero attached hydrogens (tertiary/aromatic N) is 2. The van der Waals surface area contributed by atoms with Crippen LogP contribution in [0.4, 0.5) is 18.9 Å². The van der Waals surface area contributed by atoms with Gasteiger partial charge in [0, 0.05) is 37.0 Å². The van der Waals surface area contributed by atoms with E-state index in [0.29, 0.717) is 24.3 Å². The number of rotatable bonds is 3. The largest absolute Gasteiger partial charge is 0.310 e. The molecule has 0 aliphatic carbocycles. The molecule has 1 aliphatic heterocycles. The number of hydrogen-bond acceptors (Lipinski definition) is 2. The molecular weight excluding hydrogens is 317 g/mol. The lowest BCUT2D eigenvalue weighted by Crippen LogP contribution is -2.55. The number of benzene rings is 2. The van der Waals surface area contributed by atoms with Crippen LogP contribution in [0.1, 0.15) is 12.5 Å². The minimum atomic E-state index is -0.624. The SMILES string of the molecule is C[C@@H]1C(=O)N(c2ccc(F)cc2)CCN1Cc1ccc(F)cc1F. The lowest BCUT2D eigenvalue weighted by Gasteiger charge is -2.39. The number of halogens is 3. The van der Waals surface area contributed by atoms with E-state index in [1.54, 1.807) is 24.0 Å². The molecule has 0 N–H and O–H groups in total. The fourth-order valence-electron chi connectivity index (χ4n) is 2.88. The molecule has 1 aliphatic rings. The lowest BCUT2D eigenvalue weighted by atomic mass is 10.1. The van der Waals surface area contributed by atoms with Crippen LogP contribution < -0.4 is 4.90 Å². The summed E-state index contributed by atoms with van der Waals surface area (Å²) in [5.74, 6) is -1.72. The average Bonchev–Trinajstić information content (AvgIpc) is 2.55. The van der Waals surface area contributed by atoms with Crippen LogP contribution in [0.15, 0.2) is 42.5 Å². The lowest BCUT2D eigenvalue weighted by molar-refractivity contribution is -0.125. The fourth-order valence-corrected chi connectivity index (χ4v) is 2.88. The zero-order chi connectivity index (χ0) is 17.3. The van der Waals surface area contributed by atoms with Crippen LogP contribution in [0.2, 0.25) is 0 Å². The minimum Gasteiger partial charge on any atom is -0.310 e. The van der Waals surface area contributed by atoms with E-state index in [1.165, 1.54) is 24.3 Å². The Kier molecular flexibility index (Phi) is 4.57. The van der Waals surface area contributed by atoms with Crippen molar-refractivity contribution in [2.45, 2.75) is 19.5 Å². The molecule has 6 heteroatoms. The highest BCUT2D eigenvalue weighted by atomic mass is 19.1. The molecule has 1 atom stereocenters. The Hall–Kier alpha value is -2.34. The Balaban J connectivity index is 1.73. The molecule has 3 rings (SSSR count). The van der Waals surface area contributed by atoms with E-state index in [9.17, 15) is 18.0 Å². The predicted molar refractivity (Wildman–Crippen MR) is 85.0 cm³/mol. The van der Waals surface area contributed by atoms with Crippen molar-refractivity contribution in [2.24, 2.45) is 0 Å². The summed E-state index contributed by atoms with van der Waals surface area (Å²) in [7, 11) is 0. The standard InChI is InChI=1S/C18H17F3N2O/c1-12-18(24)23(16-6-4-14(19)5-7-16)9-8-22(12)11-13-2-3-15(20)10-17(13)21/h2-7,10,12H,8-9,11H2,1H3/t12-/m1/s1. The maximum Gasteiger partial charge on any atom is 0.244 e. The van der Waals surface area contributed by atoms with Gasteiger partial charge in [0.1, 0.15) is 17.5 Å². The van der Waals surface area contributed by atoms with Crippen LogP contribution in [0.5, 0.6) is 0 Å². The van der Waals surface area contributed by atoms with Gasteiger partial charge >= 0.3 is 0 Å². The van der Waals surface area contributed by atoms with Crippen LogP contribution in [0, 0.1) is 17.5 Å². The summed E-state index contributed by atoms with van der Waals surface area (Å²) >= 11 is 0. The Morgan fingerprint density at radius 1 is 1.00 bits per heavy atom. The highest BCUT2D eigenvalue weighted by Crippen LogP contribution is 2.22. The molecule has 2 aromatic rings. The number of anilines is 1. The van der Waals surface area contributed by atoms with Gasteiger partial charge in [0.15, 0.2) is 0 Å². The summed E-state index contributed by atoms with van der Waals surface area (Å²) < 4.78 is 39.8. The van der Waals surface area contributed by atoms with Crippen molar-refractivity contribution < 1.29 is 18.0 Å². The predicted octanol–water partition coefficient (Wildman–Crippen LogP) is 3.34. The van der Waals surface area contributed by atoms with Crippen LogP contribution in [0.25, 0.3) is 0 Å².